The quantitative estimate of drug-likeness (QED) is 0.873. The molecule has 17 heavy (non-hydrogen) atoms. The van der Waals surface area contributed by atoms with Gasteiger partial charge in [0, 0.05) is 36.3 Å². The second kappa shape index (κ2) is 5.39. The number of rotatable bonds is 4. The molecule has 0 aliphatic rings. The summed E-state index contributed by atoms with van der Waals surface area (Å²) in [5.74, 6) is 1.63. The number of pyridine rings is 1. The Hall–Kier alpha value is -1.97. The zero-order valence-corrected chi connectivity index (χ0v) is 10.1. The van der Waals surface area contributed by atoms with Crippen molar-refractivity contribution in [2.75, 3.05) is 11.9 Å². The van der Waals surface area contributed by atoms with Gasteiger partial charge in [0.2, 0.25) is 0 Å². The van der Waals surface area contributed by atoms with Crippen LogP contribution >= 0.6 is 0 Å². The van der Waals surface area contributed by atoms with Gasteiger partial charge in [-0.2, -0.15) is 0 Å². The maximum atomic E-state index is 4.53. The van der Waals surface area contributed by atoms with Crippen LogP contribution in [0.3, 0.4) is 0 Å². The molecule has 0 unspecified atom stereocenters. The fraction of sp³-hybridized carbons (Fsp3) is 0.308. The van der Waals surface area contributed by atoms with Crippen LogP contribution in [0.4, 0.5) is 5.82 Å². The van der Waals surface area contributed by atoms with Crippen molar-refractivity contribution in [1.82, 2.24) is 15.0 Å². The highest BCUT2D eigenvalue weighted by atomic mass is 15.0. The van der Waals surface area contributed by atoms with Crippen molar-refractivity contribution in [3.8, 4) is 11.4 Å². The van der Waals surface area contributed by atoms with Crippen LogP contribution in [0.1, 0.15) is 19.5 Å². The van der Waals surface area contributed by atoms with Crippen LogP contribution in [0.25, 0.3) is 11.4 Å². The van der Waals surface area contributed by atoms with E-state index in [2.05, 4.69) is 34.1 Å². The molecule has 0 fully saturated rings. The summed E-state index contributed by atoms with van der Waals surface area (Å²) < 4.78 is 0. The summed E-state index contributed by atoms with van der Waals surface area (Å²) in [6.45, 7) is 5.00. The SMILES string of the molecule is CCNc1cc(CC)nc(-c2ccncc2)n1. The molecule has 0 atom stereocenters. The number of hydrogen-bond donors (Lipinski definition) is 1. The molecule has 0 radical (unpaired) electrons. The van der Waals surface area contributed by atoms with E-state index in [0.29, 0.717) is 0 Å². The predicted octanol–water partition coefficient (Wildman–Crippen LogP) is 2.53. The number of aryl methyl sites for hydroxylation is 1. The molecule has 0 bridgehead atoms. The average Bonchev–Trinajstić information content (AvgIpc) is 2.40. The molecule has 0 spiro atoms. The molecule has 4 heteroatoms. The molecular formula is C13H16N4. The third-order valence-corrected chi connectivity index (χ3v) is 2.44. The van der Waals surface area contributed by atoms with Crippen molar-refractivity contribution in [1.29, 1.82) is 0 Å². The standard InChI is InChI=1S/C13H16N4/c1-3-11-9-12(15-4-2)17-13(16-11)10-5-7-14-8-6-10/h5-9H,3-4H2,1-2H3,(H,15,16,17). The molecule has 88 valence electrons. The number of hydrogen-bond acceptors (Lipinski definition) is 4. The maximum Gasteiger partial charge on any atom is 0.161 e. The molecule has 0 saturated carbocycles. The third-order valence-electron chi connectivity index (χ3n) is 2.44. The van der Waals surface area contributed by atoms with E-state index >= 15 is 0 Å². The van der Waals surface area contributed by atoms with Crippen molar-refractivity contribution < 1.29 is 0 Å². The minimum atomic E-state index is 0.753. The van der Waals surface area contributed by atoms with Gasteiger partial charge >= 0.3 is 0 Å². The molecule has 0 aliphatic carbocycles. The van der Waals surface area contributed by atoms with Crippen molar-refractivity contribution in [3.63, 3.8) is 0 Å². The van der Waals surface area contributed by atoms with Gasteiger partial charge in [0.25, 0.3) is 0 Å². The number of nitrogens with zero attached hydrogens (tertiary/aromatic N) is 3. The number of nitrogens with one attached hydrogen (secondary N) is 1. The van der Waals surface area contributed by atoms with E-state index in [-0.39, 0.29) is 0 Å². The lowest BCUT2D eigenvalue weighted by Gasteiger charge is -2.07. The molecule has 1 N–H and O–H groups in total. The number of anilines is 1. The molecule has 2 aromatic heterocycles. The summed E-state index contributed by atoms with van der Waals surface area (Å²) in [5, 5.41) is 3.23. The van der Waals surface area contributed by atoms with Crippen LogP contribution in [0.5, 0.6) is 0 Å². The smallest absolute Gasteiger partial charge is 0.161 e. The highest BCUT2D eigenvalue weighted by Crippen LogP contribution is 2.17. The Balaban J connectivity index is 2.43. The zero-order valence-electron chi connectivity index (χ0n) is 10.1. The van der Waals surface area contributed by atoms with Gasteiger partial charge in [-0.05, 0) is 25.5 Å². The highest BCUT2D eigenvalue weighted by molar-refractivity contribution is 5.56. The molecule has 0 aromatic carbocycles. The molecule has 2 heterocycles. The minimum absolute atomic E-state index is 0.753. The van der Waals surface area contributed by atoms with E-state index in [1.54, 1.807) is 12.4 Å². The second-order valence-electron chi connectivity index (χ2n) is 3.69. The van der Waals surface area contributed by atoms with Gasteiger partial charge in [-0.3, -0.25) is 4.98 Å². The Morgan fingerprint density at radius 2 is 1.88 bits per heavy atom. The lowest BCUT2D eigenvalue weighted by Crippen LogP contribution is -2.03. The van der Waals surface area contributed by atoms with E-state index in [0.717, 1.165) is 35.9 Å². The van der Waals surface area contributed by atoms with Gasteiger partial charge in [0.15, 0.2) is 5.82 Å². The third kappa shape index (κ3) is 2.78. The molecule has 4 nitrogen and oxygen atoms in total. The Kier molecular flexibility index (Phi) is 3.65. The first-order chi connectivity index (χ1) is 8.33. The summed E-state index contributed by atoms with van der Waals surface area (Å²) in [7, 11) is 0. The zero-order chi connectivity index (χ0) is 12.1. The van der Waals surface area contributed by atoms with Gasteiger partial charge in [0.05, 0.1) is 0 Å². The highest BCUT2D eigenvalue weighted by Gasteiger charge is 2.05. The number of aromatic nitrogens is 3. The van der Waals surface area contributed by atoms with Crippen LogP contribution in [-0.2, 0) is 6.42 Å². The van der Waals surface area contributed by atoms with Crippen LogP contribution in [-0.4, -0.2) is 21.5 Å². The first-order valence-electron chi connectivity index (χ1n) is 5.85. The van der Waals surface area contributed by atoms with Gasteiger partial charge in [-0.15, -0.1) is 0 Å². The van der Waals surface area contributed by atoms with Crippen LogP contribution in [0.15, 0.2) is 30.6 Å². The van der Waals surface area contributed by atoms with Crippen molar-refractivity contribution in [2.45, 2.75) is 20.3 Å². The molecule has 0 saturated heterocycles. The first kappa shape index (κ1) is 11.5. The summed E-state index contributed by atoms with van der Waals surface area (Å²) in [6.07, 6.45) is 4.41. The van der Waals surface area contributed by atoms with Crippen molar-refractivity contribution in [3.05, 3.63) is 36.3 Å². The Labute approximate surface area is 101 Å². The fourth-order valence-electron chi connectivity index (χ4n) is 1.58. The van der Waals surface area contributed by atoms with E-state index < -0.39 is 0 Å². The van der Waals surface area contributed by atoms with E-state index in [1.807, 2.05) is 18.2 Å². The molecule has 0 aliphatic heterocycles. The Morgan fingerprint density at radius 1 is 1.12 bits per heavy atom. The first-order valence-corrected chi connectivity index (χ1v) is 5.85. The lowest BCUT2D eigenvalue weighted by molar-refractivity contribution is 0.998. The molecule has 0 amide bonds. The van der Waals surface area contributed by atoms with Crippen LogP contribution < -0.4 is 5.32 Å². The Bertz CT molecular complexity index is 482. The summed E-state index contributed by atoms with van der Waals surface area (Å²) >= 11 is 0. The Morgan fingerprint density at radius 3 is 2.53 bits per heavy atom. The van der Waals surface area contributed by atoms with Crippen molar-refractivity contribution >= 4 is 5.82 Å². The lowest BCUT2D eigenvalue weighted by atomic mass is 10.2. The largest absolute Gasteiger partial charge is 0.370 e. The summed E-state index contributed by atoms with van der Waals surface area (Å²) in [4.78, 5) is 13.0. The summed E-state index contributed by atoms with van der Waals surface area (Å²) in [5.41, 5.74) is 2.04. The fourth-order valence-corrected chi connectivity index (χ4v) is 1.58. The molecule has 2 rings (SSSR count). The molecule has 2 aromatic rings. The minimum Gasteiger partial charge on any atom is -0.370 e. The predicted molar refractivity (Wildman–Crippen MR) is 68.8 cm³/mol. The van der Waals surface area contributed by atoms with E-state index in [9.17, 15) is 0 Å². The summed E-state index contributed by atoms with van der Waals surface area (Å²) in [6, 6.07) is 5.84. The van der Waals surface area contributed by atoms with E-state index in [1.165, 1.54) is 0 Å². The van der Waals surface area contributed by atoms with Gasteiger partial charge in [0.1, 0.15) is 5.82 Å². The van der Waals surface area contributed by atoms with E-state index in [4.69, 9.17) is 0 Å². The average molecular weight is 228 g/mol. The molecular weight excluding hydrogens is 212 g/mol. The van der Waals surface area contributed by atoms with Crippen LogP contribution in [0.2, 0.25) is 0 Å². The topological polar surface area (TPSA) is 50.7 Å². The van der Waals surface area contributed by atoms with Crippen molar-refractivity contribution in [2.24, 2.45) is 0 Å². The van der Waals surface area contributed by atoms with Crippen LogP contribution in [0, 0.1) is 0 Å². The van der Waals surface area contributed by atoms with Gasteiger partial charge in [-0.25, -0.2) is 9.97 Å². The normalized spacial score (nSPS) is 10.2. The second-order valence-corrected chi connectivity index (χ2v) is 3.69. The maximum absolute atomic E-state index is 4.53. The van der Waals surface area contributed by atoms with Gasteiger partial charge in [-0.1, -0.05) is 6.92 Å². The van der Waals surface area contributed by atoms with Gasteiger partial charge < -0.3 is 5.32 Å². The monoisotopic (exact) mass is 228 g/mol.